The zero-order valence-corrected chi connectivity index (χ0v) is 13.5. The lowest BCUT2D eigenvalue weighted by Crippen LogP contribution is -2.08. The summed E-state index contributed by atoms with van der Waals surface area (Å²) >= 11 is 0. The molecule has 0 spiro atoms. The molecule has 4 aromatic heterocycles. The van der Waals surface area contributed by atoms with Crippen molar-refractivity contribution in [1.82, 2.24) is 29.0 Å². The lowest BCUT2D eigenvalue weighted by molar-refractivity contribution is 0.181. The highest BCUT2D eigenvalue weighted by Gasteiger charge is 2.09. The Kier molecular flexibility index (Phi) is 3.58. The molecule has 0 radical (unpaired) electrons. The van der Waals surface area contributed by atoms with E-state index in [1.807, 2.05) is 24.4 Å². The van der Waals surface area contributed by atoms with E-state index < -0.39 is 0 Å². The highest BCUT2D eigenvalue weighted by atomic mass is 16.5. The van der Waals surface area contributed by atoms with Crippen LogP contribution in [0.25, 0.3) is 11.4 Å². The molecular formula is C16H17N7O. The Hall–Kier alpha value is -3.00. The van der Waals surface area contributed by atoms with E-state index in [2.05, 4.69) is 42.8 Å². The fraction of sp³-hybridized carbons (Fsp3) is 0.250. The second-order valence-electron chi connectivity index (χ2n) is 5.52. The summed E-state index contributed by atoms with van der Waals surface area (Å²) < 4.78 is 8.90. The second kappa shape index (κ2) is 5.89. The number of aryl methyl sites for hydroxylation is 1. The molecule has 0 bridgehead atoms. The molecule has 4 heterocycles. The van der Waals surface area contributed by atoms with Gasteiger partial charge in [0.15, 0.2) is 0 Å². The van der Waals surface area contributed by atoms with Gasteiger partial charge in [0.1, 0.15) is 17.8 Å². The van der Waals surface area contributed by atoms with Crippen LogP contribution in [0.1, 0.15) is 17.1 Å². The zero-order valence-electron chi connectivity index (χ0n) is 13.5. The molecule has 0 aliphatic heterocycles. The van der Waals surface area contributed by atoms with Crippen LogP contribution < -0.4 is 5.32 Å². The van der Waals surface area contributed by atoms with Gasteiger partial charge in [0.05, 0.1) is 24.5 Å². The summed E-state index contributed by atoms with van der Waals surface area (Å²) in [6.45, 7) is 3.06. The van der Waals surface area contributed by atoms with Gasteiger partial charge >= 0.3 is 0 Å². The van der Waals surface area contributed by atoms with E-state index in [9.17, 15) is 0 Å². The number of hydrogen-bond acceptors (Lipinski definition) is 6. The minimum atomic E-state index is 0.422. The minimum Gasteiger partial charge on any atom is -0.378 e. The smallest absolute Gasteiger partial charge is 0.254 e. The molecule has 8 nitrogen and oxygen atoms in total. The van der Waals surface area contributed by atoms with Crippen molar-refractivity contribution >= 4 is 17.2 Å². The number of imidazole rings is 1. The number of ether oxygens (including phenoxy) is 1. The Morgan fingerprint density at radius 2 is 2.12 bits per heavy atom. The predicted octanol–water partition coefficient (Wildman–Crippen LogP) is 1.84. The van der Waals surface area contributed by atoms with E-state index in [1.54, 1.807) is 11.6 Å². The Bertz CT molecular complexity index is 1000. The Morgan fingerprint density at radius 1 is 1.21 bits per heavy atom. The zero-order chi connectivity index (χ0) is 16.5. The normalized spacial score (nSPS) is 11.4. The van der Waals surface area contributed by atoms with Gasteiger partial charge in [-0.3, -0.25) is 0 Å². The number of fused-ring (bicyclic) bond motifs is 2. The van der Waals surface area contributed by atoms with Crippen LogP contribution in [0.15, 0.2) is 36.8 Å². The number of nitrogens with one attached hydrogen (secondary N) is 1. The van der Waals surface area contributed by atoms with Crippen LogP contribution >= 0.6 is 0 Å². The van der Waals surface area contributed by atoms with Crippen LogP contribution in [0.4, 0.5) is 5.82 Å². The van der Waals surface area contributed by atoms with Gasteiger partial charge in [0.25, 0.3) is 5.78 Å². The molecule has 0 aliphatic rings. The Balaban J connectivity index is 1.63. The van der Waals surface area contributed by atoms with Crippen LogP contribution in [0.3, 0.4) is 0 Å². The molecule has 0 aromatic carbocycles. The van der Waals surface area contributed by atoms with Crippen molar-refractivity contribution in [3.05, 3.63) is 53.9 Å². The van der Waals surface area contributed by atoms with Crippen molar-refractivity contribution in [2.24, 2.45) is 0 Å². The SMILES string of the molecule is COCc1cc(NCc2cn3c(C)cccc3n2)n2ncnc2n1. The third-order valence-electron chi connectivity index (χ3n) is 3.79. The van der Waals surface area contributed by atoms with Crippen LogP contribution in [0.2, 0.25) is 0 Å². The molecule has 8 heteroatoms. The molecule has 0 unspecified atom stereocenters. The molecule has 0 amide bonds. The maximum atomic E-state index is 5.16. The molecule has 0 atom stereocenters. The third kappa shape index (κ3) is 2.56. The average molecular weight is 323 g/mol. The summed E-state index contributed by atoms with van der Waals surface area (Å²) in [6, 6.07) is 7.97. The summed E-state index contributed by atoms with van der Waals surface area (Å²) in [4.78, 5) is 13.2. The van der Waals surface area contributed by atoms with E-state index in [0.717, 1.165) is 28.5 Å². The first-order valence-corrected chi connectivity index (χ1v) is 7.60. The average Bonchev–Trinajstić information content (AvgIpc) is 3.20. The van der Waals surface area contributed by atoms with E-state index in [4.69, 9.17) is 4.74 Å². The fourth-order valence-corrected chi connectivity index (χ4v) is 2.67. The van der Waals surface area contributed by atoms with Crippen molar-refractivity contribution in [2.75, 3.05) is 12.4 Å². The number of anilines is 1. The molecule has 0 fully saturated rings. The van der Waals surface area contributed by atoms with Crippen LogP contribution in [-0.4, -0.2) is 36.1 Å². The van der Waals surface area contributed by atoms with Gasteiger partial charge < -0.3 is 14.5 Å². The predicted molar refractivity (Wildman–Crippen MR) is 88.8 cm³/mol. The highest BCUT2D eigenvalue weighted by molar-refractivity contribution is 5.46. The molecular weight excluding hydrogens is 306 g/mol. The van der Waals surface area contributed by atoms with Gasteiger partial charge in [-0.25, -0.2) is 9.97 Å². The van der Waals surface area contributed by atoms with E-state index in [0.29, 0.717) is 18.9 Å². The molecule has 4 aromatic rings. The topological polar surface area (TPSA) is 81.6 Å². The maximum Gasteiger partial charge on any atom is 0.254 e. The van der Waals surface area contributed by atoms with E-state index in [1.165, 1.54) is 6.33 Å². The highest BCUT2D eigenvalue weighted by Crippen LogP contribution is 2.14. The van der Waals surface area contributed by atoms with Gasteiger partial charge in [0.2, 0.25) is 0 Å². The van der Waals surface area contributed by atoms with Gasteiger partial charge in [-0.2, -0.15) is 14.6 Å². The van der Waals surface area contributed by atoms with E-state index in [-0.39, 0.29) is 0 Å². The number of nitrogens with zero attached hydrogens (tertiary/aromatic N) is 6. The van der Waals surface area contributed by atoms with Gasteiger partial charge in [0, 0.05) is 25.1 Å². The van der Waals surface area contributed by atoms with Gasteiger partial charge in [-0.05, 0) is 19.1 Å². The number of pyridine rings is 1. The number of methoxy groups -OCH3 is 1. The summed E-state index contributed by atoms with van der Waals surface area (Å²) in [6.07, 6.45) is 3.52. The Labute approximate surface area is 138 Å². The van der Waals surface area contributed by atoms with E-state index >= 15 is 0 Å². The lowest BCUT2D eigenvalue weighted by atomic mass is 10.4. The first kappa shape index (κ1) is 14.6. The van der Waals surface area contributed by atoms with Crippen LogP contribution in [0, 0.1) is 6.92 Å². The second-order valence-corrected chi connectivity index (χ2v) is 5.52. The van der Waals surface area contributed by atoms with Gasteiger partial charge in [-0.1, -0.05) is 6.07 Å². The molecule has 0 saturated heterocycles. The Morgan fingerprint density at radius 3 is 2.96 bits per heavy atom. The summed E-state index contributed by atoms with van der Waals surface area (Å²) in [5.74, 6) is 1.34. The molecule has 122 valence electrons. The fourth-order valence-electron chi connectivity index (χ4n) is 2.67. The monoisotopic (exact) mass is 323 g/mol. The summed E-state index contributed by atoms with van der Waals surface area (Å²) in [7, 11) is 1.64. The molecule has 1 N–H and O–H groups in total. The maximum absolute atomic E-state index is 5.16. The number of hydrogen-bond donors (Lipinski definition) is 1. The van der Waals surface area contributed by atoms with Crippen molar-refractivity contribution in [2.45, 2.75) is 20.1 Å². The summed E-state index contributed by atoms with van der Waals surface area (Å²) in [5.41, 5.74) is 3.83. The molecule has 24 heavy (non-hydrogen) atoms. The van der Waals surface area contributed by atoms with Crippen LogP contribution in [0.5, 0.6) is 0 Å². The standard InChI is InChI=1S/C16H17N7O/c1-11-4-3-5-14-20-13(8-22(11)14)7-17-15-6-12(9-24-2)21-16-18-10-19-23(15)16/h3-6,8,10,17H,7,9H2,1-2H3. The van der Waals surface area contributed by atoms with Crippen molar-refractivity contribution in [3.63, 3.8) is 0 Å². The number of aromatic nitrogens is 6. The summed E-state index contributed by atoms with van der Waals surface area (Å²) in [5, 5.41) is 7.56. The van der Waals surface area contributed by atoms with Crippen molar-refractivity contribution in [1.29, 1.82) is 0 Å². The first-order chi connectivity index (χ1) is 11.7. The number of rotatable bonds is 5. The van der Waals surface area contributed by atoms with Crippen LogP contribution in [-0.2, 0) is 17.9 Å². The third-order valence-corrected chi connectivity index (χ3v) is 3.79. The van der Waals surface area contributed by atoms with Crippen molar-refractivity contribution < 1.29 is 4.74 Å². The lowest BCUT2D eigenvalue weighted by Gasteiger charge is -2.08. The quantitative estimate of drug-likeness (QED) is 0.603. The molecule has 0 saturated carbocycles. The molecule has 4 rings (SSSR count). The van der Waals surface area contributed by atoms with Crippen molar-refractivity contribution in [3.8, 4) is 0 Å². The first-order valence-electron chi connectivity index (χ1n) is 7.60. The van der Waals surface area contributed by atoms with Gasteiger partial charge in [-0.15, -0.1) is 0 Å². The molecule has 0 aliphatic carbocycles. The minimum absolute atomic E-state index is 0.422. The largest absolute Gasteiger partial charge is 0.378 e.